The van der Waals surface area contributed by atoms with Gasteiger partial charge in [0.05, 0.1) is 12.3 Å². The lowest BCUT2D eigenvalue weighted by molar-refractivity contribution is 0.0782. The van der Waals surface area contributed by atoms with Crippen LogP contribution in [0, 0.1) is 0 Å². The van der Waals surface area contributed by atoms with Crippen molar-refractivity contribution in [1.29, 1.82) is 0 Å². The van der Waals surface area contributed by atoms with Gasteiger partial charge in [-0.05, 0) is 19.1 Å². The Hall–Kier alpha value is -0.970. The Kier molecular flexibility index (Phi) is 5.58. The number of hydrogen-bond acceptors (Lipinski definition) is 4. The summed E-state index contributed by atoms with van der Waals surface area (Å²) in [5.41, 5.74) is 1.17. The van der Waals surface area contributed by atoms with E-state index in [4.69, 9.17) is 4.74 Å². The molecule has 0 spiro atoms. The Morgan fingerprint density at radius 1 is 1.17 bits per heavy atom. The second-order valence-corrected chi connectivity index (χ2v) is 4.64. The zero-order chi connectivity index (χ0) is 12.6. The molecule has 2 rings (SSSR count). The van der Waals surface area contributed by atoms with Crippen LogP contribution in [0.15, 0.2) is 24.4 Å². The van der Waals surface area contributed by atoms with Gasteiger partial charge < -0.3 is 4.74 Å². The SMILES string of the molecule is CCOCCN1CCN(Cc2ccccn2)CC1. The largest absolute Gasteiger partial charge is 0.380 e. The highest BCUT2D eigenvalue weighted by Crippen LogP contribution is 2.06. The highest BCUT2D eigenvalue weighted by atomic mass is 16.5. The van der Waals surface area contributed by atoms with Crippen molar-refractivity contribution in [3.63, 3.8) is 0 Å². The molecular weight excluding hydrogens is 226 g/mol. The van der Waals surface area contributed by atoms with Crippen LogP contribution in [-0.4, -0.2) is 60.7 Å². The van der Waals surface area contributed by atoms with E-state index >= 15 is 0 Å². The van der Waals surface area contributed by atoms with Gasteiger partial charge in [-0.25, -0.2) is 0 Å². The quantitative estimate of drug-likeness (QED) is 0.709. The minimum Gasteiger partial charge on any atom is -0.380 e. The first-order chi connectivity index (χ1) is 8.88. The number of piperazine rings is 1. The lowest BCUT2D eigenvalue weighted by Crippen LogP contribution is -2.46. The van der Waals surface area contributed by atoms with Gasteiger partial charge in [0.2, 0.25) is 0 Å². The third-order valence-electron chi connectivity index (χ3n) is 3.33. The summed E-state index contributed by atoms with van der Waals surface area (Å²) in [6.07, 6.45) is 1.87. The molecule has 0 saturated carbocycles. The average molecular weight is 249 g/mol. The van der Waals surface area contributed by atoms with E-state index in [9.17, 15) is 0 Å². The van der Waals surface area contributed by atoms with Crippen molar-refractivity contribution in [2.45, 2.75) is 13.5 Å². The van der Waals surface area contributed by atoms with Crippen LogP contribution in [0.1, 0.15) is 12.6 Å². The Bertz CT molecular complexity index is 323. The van der Waals surface area contributed by atoms with Crippen LogP contribution in [0.2, 0.25) is 0 Å². The first-order valence-corrected chi connectivity index (χ1v) is 6.81. The molecule has 4 heteroatoms. The lowest BCUT2D eigenvalue weighted by Gasteiger charge is -2.34. The Morgan fingerprint density at radius 2 is 1.94 bits per heavy atom. The monoisotopic (exact) mass is 249 g/mol. The van der Waals surface area contributed by atoms with Crippen LogP contribution in [0.25, 0.3) is 0 Å². The van der Waals surface area contributed by atoms with Crippen molar-refractivity contribution in [1.82, 2.24) is 14.8 Å². The van der Waals surface area contributed by atoms with Crippen LogP contribution >= 0.6 is 0 Å². The number of hydrogen-bond donors (Lipinski definition) is 0. The van der Waals surface area contributed by atoms with Gasteiger partial charge in [-0.3, -0.25) is 14.8 Å². The maximum Gasteiger partial charge on any atom is 0.0593 e. The second kappa shape index (κ2) is 7.46. The molecule has 18 heavy (non-hydrogen) atoms. The summed E-state index contributed by atoms with van der Waals surface area (Å²) in [5, 5.41) is 0. The molecule has 0 aromatic carbocycles. The molecule has 0 amide bonds. The van der Waals surface area contributed by atoms with Gasteiger partial charge in [0, 0.05) is 52.1 Å². The Morgan fingerprint density at radius 3 is 2.61 bits per heavy atom. The number of pyridine rings is 1. The van der Waals surface area contributed by atoms with Crippen LogP contribution < -0.4 is 0 Å². The molecule has 1 fully saturated rings. The molecule has 1 aliphatic rings. The Labute approximate surface area is 110 Å². The smallest absolute Gasteiger partial charge is 0.0593 e. The normalized spacial score (nSPS) is 18.1. The molecule has 1 saturated heterocycles. The maximum absolute atomic E-state index is 5.39. The van der Waals surface area contributed by atoms with Gasteiger partial charge in [-0.1, -0.05) is 6.07 Å². The molecule has 2 heterocycles. The minimum atomic E-state index is 0.819. The molecule has 0 radical (unpaired) electrons. The first kappa shape index (κ1) is 13.5. The molecule has 0 N–H and O–H groups in total. The van der Waals surface area contributed by atoms with Crippen molar-refractivity contribution >= 4 is 0 Å². The molecule has 1 aromatic heterocycles. The summed E-state index contributed by atoms with van der Waals surface area (Å²) >= 11 is 0. The highest BCUT2D eigenvalue weighted by Gasteiger charge is 2.16. The molecule has 0 bridgehead atoms. The molecule has 1 aliphatic heterocycles. The fourth-order valence-electron chi connectivity index (χ4n) is 2.23. The van der Waals surface area contributed by atoms with Crippen molar-refractivity contribution in [3.8, 4) is 0 Å². The van der Waals surface area contributed by atoms with Gasteiger partial charge in [0.15, 0.2) is 0 Å². The van der Waals surface area contributed by atoms with E-state index in [1.54, 1.807) is 0 Å². The third-order valence-corrected chi connectivity index (χ3v) is 3.33. The molecule has 0 atom stereocenters. The van der Waals surface area contributed by atoms with E-state index in [1.165, 1.54) is 5.69 Å². The van der Waals surface area contributed by atoms with Crippen LogP contribution in [-0.2, 0) is 11.3 Å². The zero-order valence-electron chi connectivity index (χ0n) is 11.2. The molecular formula is C14H23N3O. The van der Waals surface area contributed by atoms with Gasteiger partial charge in [0.25, 0.3) is 0 Å². The first-order valence-electron chi connectivity index (χ1n) is 6.81. The van der Waals surface area contributed by atoms with Gasteiger partial charge in [-0.2, -0.15) is 0 Å². The van der Waals surface area contributed by atoms with E-state index < -0.39 is 0 Å². The summed E-state index contributed by atoms with van der Waals surface area (Å²) in [5.74, 6) is 0. The summed E-state index contributed by atoms with van der Waals surface area (Å²) < 4.78 is 5.39. The minimum absolute atomic E-state index is 0.819. The topological polar surface area (TPSA) is 28.6 Å². The summed E-state index contributed by atoms with van der Waals surface area (Å²) in [4.78, 5) is 9.33. The number of ether oxygens (including phenoxy) is 1. The number of rotatable bonds is 6. The van der Waals surface area contributed by atoms with E-state index in [1.807, 2.05) is 19.2 Å². The summed E-state index contributed by atoms with van der Waals surface area (Å²) in [6.45, 7) is 10.3. The van der Waals surface area contributed by atoms with Gasteiger partial charge in [0.1, 0.15) is 0 Å². The van der Waals surface area contributed by atoms with Crippen LogP contribution in [0.5, 0.6) is 0 Å². The molecule has 0 aliphatic carbocycles. The fraction of sp³-hybridized carbons (Fsp3) is 0.643. The van der Waals surface area contributed by atoms with E-state index in [-0.39, 0.29) is 0 Å². The molecule has 100 valence electrons. The maximum atomic E-state index is 5.39. The molecule has 1 aromatic rings. The summed E-state index contributed by atoms with van der Waals surface area (Å²) in [7, 11) is 0. The van der Waals surface area contributed by atoms with E-state index in [2.05, 4.69) is 26.9 Å². The van der Waals surface area contributed by atoms with Gasteiger partial charge in [-0.15, -0.1) is 0 Å². The lowest BCUT2D eigenvalue weighted by atomic mass is 10.2. The average Bonchev–Trinajstić information content (AvgIpc) is 2.42. The van der Waals surface area contributed by atoms with Crippen LogP contribution in [0.3, 0.4) is 0 Å². The number of aromatic nitrogens is 1. The van der Waals surface area contributed by atoms with Gasteiger partial charge >= 0.3 is 0 Å². The standard InChI is InChI=1S/C14H23N3O/c1-2-18-12-11-16-7-9-17(10-8-16)13-14-5-3-4-6-15-14/h3-6H,2,7-13H2,1H3. The summed E-state index contributed by atoms with van der Waals surface area (Å²) in [6, 6.07) is 6.12. The zero-order valence-corrected chi connectivity index (χ0v) is 11.2. The fourth-order valence-corrected chi connectivity index (χ4v) is 2.23. The highest BCUT2D eigenvalue weighted by molar-refractivity contribution is 5.03. The predicted octanol–water partition coefficient (Wildman–Crippen LogP) is 1.24. The van der Waals surface area contributed by atoms with Crippen molar-refractivity contribution in [2.24, 2.45) is 0 Å². The predicted molar refractivity (Wildman–Crippen MR) is 72.4 cm³/mol. The second-order valence-electron chi connectivity index (χ2n) is 4.64. The van der Waals surface area contributed by atoms with E-state index in [0.717, 1.165) is 52.5 Å². The van der Waals surface area contributed by atoms with E-state index in [0.29, 0.717) is 0 Å². The van der Waals surface area contributed by atoms with Crippen molar-refractivity contribution < 1.29 is 4.74 Å². The number of nitrogens with zero attached hydrogens (tertiary/aromatic N) is 3. The van der Waals surface area contributed by atoms with Crippen molar-refractivity contribution in [3.05, 3.63) is 30.1 Å². The van der Waals surface area contributed by atoms with Crippen molar-refractivity contribution in [2.75, 3.05) is 45.9 Å². The Balaban J connectivity index is 1.67. The molecule has 0 unspecified atom stereocenters. The molecule has 4 nitrogen and oxygen atoms in total. The van der Waals surface area contributed by atoms with Crippen LogP contribution in [0.4, 0.5) is 0 Å². The third kappa shape index (κ3) is 4.37.